The highest BCUT2D eigenvalue weighted by molar-refractivity contribution is 7.89. The number of urea groups is 1. The number of rotatable bonds is 4. The number of piperidine rings is 1. The minimum Gasteiger partial charge on any atom is -0.465 e. The summed E-state index contributed by atoms with van der Waals surface area (Å²) in [5.74, 6) is -0.821. The van der Waals surface area contributed by atoms with Crippen LogP contribution in [0.1, 0.15) is 23.2 Å². The maximum atomic E-state index is 12.7. The van der Waals surface area contributed by atoms with Crippen LogP contribution in [-0.4, -0.2) is 68.3 Å². The summed E-state index contributed by atoms with van der Waals surface area (Å²) in [6, 6.07) is 4.82. The molecule has 0 unspecified atom stereocenters. The van der Waals surface area contributed by atoms with Crippen LogP contribution in [0, 0.1) is 0 Å². The van der Waals surface area contributed by atoms with Crippen molar-refractivity contribution in [2.45, 2.75) is 23.8 Å². The summed E-state index contributed by atoms with van der Waals surface area (Å²) in [4.78, 5) is 36.2. The van der Waals surface area contributed by atoms with E-state index in [1.54, 1.807) is 0 Å². The lowest BCUT2D eigenvalue weighted by atomic mass is 10.1. The molecule has 10 heteroatoms. The van der Waals surface area contributed by atoms with Crippen molar-refractivity contribution >= 4 is 27.9 Å². The zero-order chi connectivity index (χ0) is 18.9. The molecular weight excluding hydrogens is 362 g/mol. The van der Waals surface area contributed by atoms with Crippen molar-refractivity contribution in [3.05, 3.63) is 29.8 Å². The fourth-order valence-electron chi connectivity index (χ4n) is 3.17. The Morgan fingerprint density at radius 3 is 2.27 bits per heavy atom. The van der Waals surface area contributed by atoms with Crippen LogP contribution in [-0.2, 0) is 19.6 Å². The van der Waals surface area contributed by atoms with Gasteiger partial charge in [-0.1, -0.05) is 0 Å². The molecule has 1 aromatic carbocycles. The Kier molecular flexibility index (Phi) is 4.97. The van der Waals surface area contributed by atoms with Crippen molar-refractivity contribution < 1.29 is 27.5 Å². The molecule has 2 fully saturated rings. The molecular formula is C16H19N3O6S. The van der Waals surface area contributed by atoms with Gasteiger partial charge in [-0.25, -0.2) is 18.0 Å². The second-order valence-corrected chi connectivity index (χ2v) is 8.01. The lowest BCUT2D eigenvalue weighted by Crippen LogP contribution is -2.48. The molecule has 2 aliphatic heterocycles. The number of imide groups is 1. The Bertz CT molecular complexity index is 812. The number of ether oxygens (including phenoxy) is 1. The molecule has 0 spiro atoms. The fourth-order valence-corrected chi connectivity index (χ4v) is 4.64. The summed E-state index contributed by atoms with van der Waals surface area (Å²) in [7, 11) is -2.46. The van der Waals surface area contributed by atoms with E-state index in [0.717, 1.165) is 0 Å². The third-order valence-corrected chi connectivity index (χ3v) is 6.49. The number of nitrogens with zero attached hydrogens (tertiary/aromatic N) is 2. The van der Waals surface area contributed by atoms with Gasteiger partial charge in [-0.3, -0.25) is 9.69 Å². The van der Waals surface area contributed by atoms with Gasteiger partial charge in [0.2, 0.25) is 15.9 Å². The SMILES string of the molecule is COC(=O)c1ccc(S(=O)(=O)N2CCC(N3C(=O)CNC3=O)CC2)cc1. The number of carbonyl (C=O) groups is 3. The van der Waals surface area contributed by atoms with Crippen LogP contribution in [0.5, 0.6) is 0 Å². The van der Waals surface area contributed by atoms with Crippen LogP contribution in [0.15, 0.2) is 29.2 Å². The molecule has 0 radical (unpaired) electrons. The predicted molar refractivity (Wildman–Crippen MR) is 89.8 cm³/mol. The molecule has 26 heavy (non-hydrogen) atoms. The van der Waals surface area contributed by atoms with Gasteiger partial charge in [-0.2, -0.15) is 4.31 Å². The molecule has 2 aliphatic rings. The standard InChI is InChI=1S/C16H19N3O6S/c1-25-15(21)11-2-4-13(5-3-11)26(23,24)18-8-6-12(7-9-18)19-14(20)10-17-16(19)22/h2-5,12H,6-10H2,1H3,(H,17,22). The number of carbonyl (C=O) groups excluding carboxylic acids is 3. The maximum Gasteiger partial charge on any atom is 0.337 e. The molecule has 0 aromatic heterocycles. The first-order chi connectivity index (χ1) is 12.3. The van der Waals surface area contributed by atoms with E-state index in [1.807, 2.05) is 0 Å². The number of esters is 1. The zero-order valence-electron chi connectivity index (χ0n) is 14.2. The van der Waals surface area contributed by atoms with E-state index in [1.165, 1.54) is 40.6 Å². The number of methoxy groups -OCH3 is 1. The monoisotopic (exact) mass is 381 g/mol. The Labute approximate surface area is 150 Å². The first-order valence-electron chi connectivity index (χ1n) is 8.13. The molecule has 0 bridgehead atoms. The van der Waals surface area contributed by atoms with Crippen LogP contribution in [0.2, 0.25) is 0 Å². The molecule has 3 amide bonds. The van der Waals surface area contributed by atoms with Gasteiger partial charge in [0.25, 0.3) is 0 Å². The van der Waals surface area contributed by atoms with Crippen LogP contribution in [0.4, 0.5) is 4.79 Å². The molecule has 1 aromatic rings. The van der Waals surface area contributed by atoms with E-state index in [9.17, 15) is 22.8 Å². The molecule has 0 atom stereocenters. The Morgan fingerprint density at radius 2 is 1.77 bits per heavy atom. The third-order valence-electron chi connectivity index (χ3n) is 4.58. The Morgan fingerprint density at radius 1 is 1.15 bits per heavy atom. The molecule has 0 aliphatic carbocycles. The average Bonchev–Trinajstić information content (AvgIpc) is 2.99. The van der Waals surface area contributed by atoms with Crippen molar-refractivity contribution in [2.75, 3.05) is 26.7 Å². The first kappa shape index (κ1) is 18.3. The molecule has 140 valence electrons. The fraction of sp³-hybridized carbons (Fsp3) is 0.438. The summed E-state index contributed by atoms with van der Waals surface area (Å²) >= 11 is 0. The topological polar surface area (TPSA) is 113 Å². The number of nitrogens with one attached hydrogen (secondary N) is 1. The van der Waals surface area contributed by atoms with Crippen molar-refractivity contribution in [2.24, 2.45) is 0 Å². The molecule has 9 nitrogen and oxygen atoms in total. The smallest absolute Gasteiger partial charge is 0.337 e. The molecule has 2 heterocycles. The van der Waals surface area contributed by atoms with Crippen LogP contribution < -0.4 is 5.32 Å². The number of sulfonamides is 1. The highest BCUT2D eigenvalue weighted by atomic mass is 32.2. The summed E-state index contributed by atoms with van der Waals surface area (Å²) in [6.45, 7) is 0.412. The predicted octanol–water partition coefficient (Wildman–Crippen LogP) is 0.178. The van der Waals surface area contributed by atoms with E-state index in [2.05, 4.69) is 10.1 Å². The van der Waals surface area contributed by atoms with Gasteiger partial charge < -0.3 is 10.1 Å². The van der Waals surface area contributed by atoms with Gasteiger partial charge in [-0.05, 0) is 37.1 Å². The molecule has 3 rings (SSSR count). The van der Waals surface area contributed by atoms with Gasteiger partial charge >= 0.3 is 12.0 Å². The summed E-state index contributed by atoms with van der Waals surface area (Å²) in [6.07, 6.45) is 0.775. The molecule has 0 saturated carbocycles. The maximum absolute atomic E-state index is 12.7. The first-order valence-corrected chi connectivity index (χ1v) is 9.57. The molecule has 2 saturated heterocycles. The molecule has 1 N–H and O–H groups in total. The third kappa shape index (κ3) is 3.29. The number of hydrogen-bond acceptors (Lipinski definition) is 6. The Balaban J connectivity index is 1.69. The lowest BCUT2D eigenvalue weighted by molar-refractivity contribution is -0.127. The quantitative estimate of drug-likeness (QED) is 0.588. The van der Waals surface area contributed by atoms with Crippen LogP contribution >= 0.6 is 0 Å². The largest absolute Gasteiger partial charge is 0.465 e. The van der Waals surface area contributed by atoms with Crippen LogP contribution in [0.3, 0.4) is 0 Å². The van der Waals surface area contributed by atoms with Crippen molar-refractivity contribution in [1.82, 2.24) is 14.5 Å². The summed E-state index contributed by atoms with van der Waals surface area (Å²) < 4.78 is 31.4. The van der Waals surface area contributed by atoms with Crippen molar-refractivity contribution in [3.63, 3.8) is 0 Å². The highest BCUT2D eigenvalue weighted by Crippen LogP contribution is 2.24. The average molecular weight is 381 g/mol. The van der Waals surface area contributed by atoms with E-state index in [-0.39, 0.29) is 42.0 Å². The normalized spacial score (nSPS) is 19.5. The second kappa shape index (κ2) is 7.04. The summed E-state index contributed by atoms with van der Waals surface area (Å²) in [5.41, 5.74) is 0.267. The van der Waals surface area contributed by atoms with Gasteiger partial charge in [-0.15, -0.1) is 0 Å². The number of benzene rings is 1. The lowest BCUT2D eigenvalue weighted by Gasteiger charge is -2.34. The minimum absolute atomic E-state index is 0.0100. The number of amides is 3. The van der Waals surface area contributed by atoms with Gasteiger partial charge in [0.1, 0.15) is 0 Å². The van der Waals surface area contributed by atoms with E-state index >= 15 is 0 Å². The second-order valence-electron chi connectivity index (χ2n) is 6.07. The van der Waals surface area contributed by atoms with E-state index in [4.69, 9.17) is 0 Å². The van der Waals surface area contributed by atoms with Gasteiger partial charge in [0.05, 0.1) is 24.1 Å². The van der Waals surface area contributed by atoms with Crippen molar-refractivity contribution in [1.29, 1.82) is 0 Å². The summed E-state index contributed by atoms with van der Waals surface area (Å²) in [5, 5.41) is 2.47. The highest BCUT2D eigenvalue weighted by Gasteiger charge is 2.38. The van der Waals surface area contributed by atoms with Gasteiger partial charge in [0.15, 0.2) is 0 Å². The van der Waals surface area contributed by atoms with Gasteiger partial charge in [0, 0.05) is 19.1 Å². The minimum atomic E-state index is -3.71. The zero-order valence-corrected chi connectivity index (χ0v) is 15.0. The van der Waals surface area contributed by atoms with E-state index in [0.29, 0.717) is 12.8 Å². The van der Waals surface area contributed by atoms with Crippen molar-refractivity contribution in [3.8, 4) is 0 Å². The van der Waals surface area contributed by atoms with Crippen LogP contribution in [0.25, 0.3) is 0 Å². The van der Waals surface area contributed by atoms with E-state index < -0.39 is 22.0 Å². The Hall–Kier alpha value is -2.46. The number of hydrogen-bond donors (Lipinski definition) is 1.